The summed E-state index contributed by atoms with van der Waals surface area (Å²) in [6, 6.07) is 128. The van der Waals surface area contributed by atoms with Crippen LogP contribution in [0.5, 0.6) is 0 Å². The van der Waals surface area contributed by atoms with E-state index in [1.54, 1.807) is 0 Å². The van der Waals surface area contributed by atoms with Crippen LogP contribution in [0.15, 0.2) is 340 Å². The molecule has 100 heavy (non-hydrogen) atoms. The van der Waals surface area contributed by atoms with Crippen molar-refractivity contribution < 1.29 is 0 Å². The molecule has 0 aliphatic carbocycles. The quantitative estimate of drug-likeness (QED) is 0.0944. The van der Waals surface area contributed by atoms with Crippen LogP contribution in [0, 0.1) is 0 Å². The normalized spacial score (nSPS) is 12.6. The van der Waals surface area contributed by atoms with E-state index in [9.17, 15) is 0 Å². The third-order valence-corrected chi connectivity index (χ3v) is 21.0. The molecule has 0 fully saturated rings. The molecule has 476 valence electrons. The van der Waals surface area contributed by atoms with Gasteiger partial charge < -0.3 is 14.7 Å². The lowest BCUT2D eigenvalue weighted by atomic mass is 9.33. The first kappa shape index (κ1) is 60.4. The van der Waals surface area contributed by atoms with Crippen LogP contribution in [0.4, 0.5) is 51.2 Å². The molecule has 3 nitrogen and oxygen atoms in total. The SMILES string of the molecule is CC(C)(C)c1cc2ccc3cc(C(C)(C)C)cc4c(-c5ccc6c(c5)B5c7cc(-c8ccccc8)ccc7N(c7ccc(-c8ccccc8)cc7)c7cc(N(c8ccc(-c9ccccc9)cc8)c8ccc(-c9ccccc9)cc8)cc(c75)N6c5ccc(-c6ccccc6)cc5)cc(c1)c2c34. The zero-order chi connectivity index (χ0) is 67.4. The third kappa shape index (κ3) is 10.5. The van der Waals surface area contributed by atoms with E-state index in [2.05, 4.69) is 396 Å². The first-order valence-electron chi connectivity index (χ1n) is 35.1. The number of anilines is 9. The van der Waals surface area contributed by atoms with Crippen molar-refractivity contribution in [2.45, 2.75) is 52.4 Å². The van der Waals surface area contributed by atoms with E-state index in [0.717, 1.165) is 62.3 Å². The summed E-state index contributed by atoms with van der Waals surface area (Å²) in [5, 5.41) is 7.79. The lowest BCUT2D eigenvalue weighted by Crippen LogP contribution is -2.61. The zero-order valence-electron chi connectivity index (χ0n) is 57.3. The Kier molecular flexibility index (Phi) is 14.5. The highest BCUT2D eigenvalue weighted by Gasteiger charge is 2.45. The van der Waals surface area contributed by atoms with Gasteiger partial charge in [-0.1, -0.05) is 296 Å². The van der Waals surface area contributed by atoms with Crippen molar-refractivity contribution in [3.05, 3.63) is 351 Å². The maximum atomic E-state index is 2.59. The van der Waals surface area contributed by atoms with Crippen molar-refractivity contribution in [2.75, 3.05) is 14.7 Å². The van der Waals surface area contributed by atoms with Crippen LogP contribution in [0.2, 0.25) is 0 Å². The van der Waals surface area contributed by atoms with Crippen LogP contribution < -0.4 is 31.1 Å². The molecule has 0 aromatic heterocycles. The van der Waals surface area contributed by atoms with Crippen molar-refractivity contribution in [2.24, 2.45) is 0 Å². The minimum Gasteiger partial charge on any atom is -0.311 e. The standard InChI is InChI=1S/C96H74BN3/c1-95(2,3)77-54-74-32-33-75-55-78(96(4,5)6)60-85-84(57-76(56-77)92(74)93(75)85)73-43-53-89-87(59-73)97-86-58-72(67-30-20-11-21-31-67)42-52-88(86)99(81-48-38-70(39-49-81)65-26-16-9-17-27-65)90-61-83(62-91(94(90)97)100(89)82-50-40-71(41-51-82)66-28-18-10-19-29-66)98(79-44-34-68(35-45-79)63-22-12-7-13-23-63)80-46-36-69(37-47-80)64-24-14-8-15-25-64/h7-62H,1-6H3. The molecule has 0 spiro atoms. The average molecular weight is 1280 g/mol. The summed E-state index contributed by atoms with van der Waals surface area (Å²) >= 11 is 0. The molecular weight excluding hydrogens is 1210 g/mol. The van der Waals surface area contributed by atoms with Gasteiger partial charge in [-0.15, -0.1) is 0 Å². The molecule has 4 heteroatoms. The highest BCUT2D eigenvalue weighted by atomic mass is 15.2. The van der Waals surface area contributed by atoms with Gasteiger partial charge in [0.25, 0.3) is 6.71 Å². The van der Waals surface area contributed by atoms with E-state index in [1.165, 1.54) is 115 Å². The number of hydrogen-bond donors (Lipinski definition) is 0. The van der Waals surface area contributed by atoms with Crippen molar-refractivity contribution in [3.63, 3.8) is 0 Å². The Morgan fingerprint density at radius 1 is 0.260 bits per heavy atom. The highest BCUT2D eigenvalue weighted by Crippen LogP contribution is 2.51. The van der Waals surface area contributed by atoms with Crippen LogP contribution in [-0.2, 0) is 10.8 Å². The van der Waals surface area contributed by atoms with Gasteiger partial charge in [-0.25, -0.2) is 0 Å². The molecule has 0 radical (unpaired) electrons. The monoisotopic (exact) mass is 1280 g/mol. The van der Waals surface area contributed by atoms with Gasteiger partial charge in [0.15, 0.2) is 0 Å². The molecule has 2 heterocycles. The molecular formula is C96H74BN3. The smallest absolute Gasteiger partial charge is 0.252 e. The molecule has 0 bridgehead atoms. The van der Waals surface area contributed by atoms with Gasteiger partial charge in [-0.05, 0) is 222 Å². The molecule has 0 unspecified atom stereocenters. The van der Waals surface area contributed by atoms with Crippen LogP contribution in [-0.4, -0.2) is 6.71 Å². The molecule has 16 aromatic rings. The minimum atomic E-state index is -0.218. The van der Waals surface area contributed by atoms with E-state index >= 15 is 0 Å². The summed E-state index contributed by atoms with van der Waals surface area (Å²) < 4.78 is 0. The lowest BCUT2D eigenvalue weighted by Gasteiger charge is -2.45. The Hall–Kier alpha value is -12.0. The minimum absolute atomic E-state index is 0.0502. The highest BCUT2D eigenvalue weighted by molar-refractivity contribution is 7.00. The molecule has 0 amide bonds. The first-order chi connectivity index (χ1) is 48.8. The van der Waals surface area contributed by atoms with E-state index < -0.39 is 0 Å². The van der Waals surface area contributed by atoms with Gasteiger partial charge in [-0.2, -0.15) is 0 Å². The molecule has 0 saturated carbocycles. The molecule has 18 rings (SSSR count). The molecule has 0 atom stereocenters. The summed E-state index contributed by atoms with van der Waals surface area (Å²) in [5.41, 5.74) is 30.2. The molecule has 2 aliphatic rings. The van der Waals surface area contributed by atoms with Crippen molar-refractivity contribution in [1.82, 2.24) is 0 Å². The Bertz CT molecular complexity index is 5640. The van der Waals surface area contributed by atoms with Crippen molar-refractivity contribution >= 4 is 107 Å². The molecule has 16 aromatic carbocycles. The summed E-state index contributed by atoms with van der Waals surface area (Å²) in [6.07, 6.45) is 0. The van der Waals surface area contributed by atoms with E-state index in [4.69, 9.17) is 0 Å². The van der Waals surface area contributed by atoms with Crippen LogP contribution in [0.3, 0.4) is 0 Å². The second kappa shape index (κ2) is 23.9. The average Bonchev–Trinajstić information content (AvgIpc) is 0.698. The Labute approximate surface area is 587 Å². The van der Waals surface area contributed by atoms with Gasteiger partial charge in [0.1, 0.15) is 0 Å². The fourth-order valence-corrected chi connectivity index (χ4v) is 15.9. The van der Waals surface area contributed by atoms with Crippen LogP contribution >= 0.6 is 0 Å². The van der Waals surface area contributed by atoms with E-state index in [-0.39, 0.29) is 17.5 Å². The predicted octanol–water partition coefficient (Wildman–Crippen LogP) is 24.7. The Balaban J connectivity index is 0.940. The Morgan fingerprint density at radius 2 is 0.600 bits per heavy atom. The summed E-state index contributed by atoms with van der Waals surface area (Å²) in [4.78, 5) is 7.63. The molecule has 0 saturated heterocycles. The topological polar surface area (TPSA) is 9.72 Å². The summed E-state index contributed by atoms with van der Waals surface area (Å²) in [6.45, 7) is 13.9. The maximum Gasteiger partial charge on any atom is 0.252 e. The van der Waals surface area contributed by atoms with Gasteiger partial charge in [0.05, 0.1) is 5.69 Å². The maximum absolute atomic E-state index is 2.59. The summed E-state index contributed by atoms with van der Waals surface area (Å²) in [5.74, 6) is 0. The number of benzene rings is 16. The number of fused-ring (bicyclic) bond motifs is 4. The van der Waals surface area contributed by atoms with Crippen molar-refractivity contribution in [1.29, 1.82) is 0 Å². The van der Waals surface area contributed by atoms with Crippen molar-refractivity contribution in [3.8, 4) is 66.8 Å². The van der Waals surface area contributed by atoms with E-state index in [0.29, 0.717) is 0 Å². The largest absolute Gasteiger partial charge is 0.311 e. The second-order valence-corrected chi connectivity index (χ2v) is 29.3. The zero-order valence-corrected chi connectivity index (χ0v) is 57.3. The fraction of sp³-hybridized carbons (Fsp3) is 0.0833. The van der Waals surface area contributed by atoms with Gasteiger partial charge in [0.2, 0.25) is 0 Å². The third-order valence-electron chi connectivity index (χ3n) is 21.0. The fourth-order valence-electron chi connectivity index (χ4n) is 15.9. The summed E-state index contributed by atoms with van der Waals surface area (Å²) in [7, 11) is 0. The number of nitrogens with zero attached hydrogens (tertiary/aromatic N) is 3. The first-order valence-corrected chi connectivity index (χ1v) is 35.1. The number of hydrogen-bond acceptors (Lipinski definition) is 3. The van der Waals surface area contributed by atoms with Gasteiger partial charge in [0, 0.05) is 45.5 Å². The molecule has 2 aliphatic heterocycles. The second-order valence-electron chi connectivity index (χ2n) is 29.3. The Morgan fingerprint density at radius 3 is 1.02 bits per heavy atom. The van der Waals surface area contributed by atoms with Gasteiger partial charge in [-0.3, -0.25) is 0 Å². The molecule has 0 N–H and O–H groups in total. The van der Waals surface area contributed by atoms with Crippen LogP contribution in [0.1, 0.15) is 52.7 Å². The van der Waals surface area contributed by atoms with Crippen LogP contribution in [0.25, 0.3) is 99.1 Å². The van der Waals surface area contributed by atoms with Gasteiger partial charge >= 0.3 is 0 Å². The lowest BCUT2D eigenvalue weighted by molar-refractivity contribution is 0.591. The number of rotatable bonds is 11. The predicted molar refractivity (Wildman–Crippen MR) is 429 cm³/mol. The van der Waals surface area contributed by atoms with E-state index in [1.807, 2.05) is 0 Å².